The highest BCUT2D eigenvalue weighted by atomic mass is 15.1. The monoisotopic (exact) mass is 286 g/mol. The third-order valence-corrected chi connectivity index (χ3v) is 4.26. The van der Waals surface area contributed by atoms with E-state index in [1.54, 1.807) is 0 Å². The zero-order valence-corrected chi connectivity index (χ0v) is 14.2. The number of rotatable bonds is 5. The number of fused-ring (bicyclic) bond motifs is 1. The Balaban J connectivity index is 2.21. The number of nitrogens with one attached hydrogen (secondary N) is 1. The Morgan fingerprint density at radius 1 is 1.29 bits per heavy atom. The third kappa shape index (κ3) is 4.34. The van der Waals surface area contributed by atoms with Crippen LogP contribution in [0.1, 0.15) is 45.2 Å². The molecule has 0 saturated heterocycles. The van der Waals surface area contributed by atoms with Crippen LogP contribution in [0.15, 0.2) is 23.8 Å². The van der Waals surface area contributed by atoms with Crippen LogP contribution >= 0.6 is 0 Å². The minimum absolute atomic E-state index is 0.532. The SMILES string of the molecule is CC(C)NCC(=Cc1ccc2c(c1)CCCN2C)C(C)C. The van der Waals surface area contributed by atoms with Gasteiger partial charge < -0.3 is 10.2 Å². The van der Waals surface area contributed by atoms with Gasteiger partial charge >= 0.3 is 0 Å². The van der Waals surface area contributed by atoms with Crippen molar-refractivity contribution in [3.8, 4) is 0 Å². The van der Waals surface area contributed by atoms with E-state index >= 15 is 0 Å². The van der Waals surface area contributed by atoms with Crippen molar-refractivity contribution in [3.63, 3.8) is 0 Å². The van der Waals surface area contributed by atoms with E-state index in [0.717, 1.165) is 6.54 Å². The van der Waals surface area contributed by atoms with Crippen LogP contribution in [0, 0.1) is 5.92 Å². The minimum atomic E-state index is 0.532. The third-order valence-electron chi connectivity index (χ3n) is 4.26. The summed E-state index contributed by atoms with van der Waals surface area (Å²) in [5.74, 6) is 0.579. The number of hydrogen-bond acceptors (Lipinski definition) is 2. The van der Waals surface area contributed by atoms with E-state index in [1.807, 2.05) is 0 Å². The van der Waals surface area contributed by atoms with Crippen LogP contribution in [0.4, 0.5) is 5.69 Å². The molecule has 0 aromatic heterocycles. The van der Waals surface area contributed by atoms with Gasteiger partial charge in [0.25, 0.3) is 0 Å². The molecule has 0 amide bonds. The Morgan fingerprint density at radius 3 is 2.71 bits per heavy atom. The number of anilines is 1. The molecule has 2 nitrogen and oxygen atoms in total. The van der Waals surface area contributed by atoms with Gasteiger partial charge in [-0.05, 0) is 42.0 Å². The van der Waals surface area contributed by atoms with Crippen LogP contribution in [0.25, 0.3) is 6.08 Å². The standard InChI is InChI=1S/C19H30N2/c1-14(2)18(13-20-15(3)4)12-16-8-9-19-17(11-16)7-6-10-21(19)5/h8-9,11-12,14-15,20H,6-7,10,13H2,1-5H3. The van der Waals surface area contributed by atoms with Gasteiger partial charge in [-0.1, -0.05) is 45.4 Å². The van der Waals surface area contributed by atoms with Crippen molar-refractivity contribution in [2.75, 3.05) is 25.0 Å². The summed E-state index contributed by atoms with van der Waals surface area (Å²) in [4.78, 5) is 2.37. The molecule has 0 spiro atoms. The second-order valence-electron chi connectivity index (χ2n) is 6.82. The highest BCUT2D eigenvalue weighted by Crippen LogP contribution is 2.28. The van der Waals surface area contributed by atoms with Gasteiger partial charge in [0.1, 0.15) is 0 Å². The van der Waals surface area contributed by atoms with Crippen molar-refractivity contribution in [2.24, 2.45) is 5.92 Å². The molecule has 1 aliphatic heterocycles. The van der Waals surface area contributed by atoms with E-state index in [9.17, 15) is 0 Å². The summed E-state index contributed by atoms with van der Waals surface area (Å²) in [6.45, 7) is 11.1. The lowest BCUT2D eigenvalue weighted by molar-refractivity contribution is 0.593. The maximum Gasteiger partial charge on any atom is 0.0396 e. The summed E-state index contributed by atoms with van der Waals surface area (Å²) in [6, 6.07) is 7.46. The van der Waals surface area contributed by atoms with Crippen molar-refractivity contribution in [2.45, 2.75) is 46.6 Å². The molecule has 2 heteroatoms. The smallest absolute Gasteiger partial charge is 0.0396 e. The second-order valence-corrected chi connectivity index (χ2v) is 6.82. The normalized spacial score (nSPS) is 15.8. The van der Waals surface area contributed by atoms with Crippen LogP contribution in [-0.2, 0) is 6.42 Å². The molecule has 1 aliphatic rings. The second kappa shape index (κ2) is 7.13. The average Bonchev–Trinajstić information content (AvgIpc) is 2.43. The number of nitrogens with zero attached hydrogens (tertiary/aromatic N) is 1. The van der Waals surface area contributed by atoms with Gasteiger partial charge in [0.15, 0.2) is 0 Å². The van der Waals surface area contributed by atoms with Crippen molar-refractivity contribution in [1.82, 2.24) is 5.32 Å². The number of aryl methyl sites for hydroxylation is 1. The molecule has 21 heavy (non-hydrogen) atoms. The van der Waals surface area contributed by atoms with Gasteiger partial charge in [-0.25, -0.2) is 0 Å². The first-order chi connectivity index (χ1) is 9.97. The molecule has 0 aliphatic carbocycles. The highest BCUT2D eigenvalue weighted by Gasteiger charge is 2.13. The lowest BCUT2D eigenvalue weighted by Crippen LogP contribution is -2.26. The molecular formula is C19H30N2. The molecule has 0 unspecified atom stereocenters. The van der Waals surface area contributed by atoms with Crippen LogP contribution in [-0.4, -0.2) is 26.2 Å². The van der Waals surface area contributed by atoms with Gasteiger partial charge in [0, 0.05) is 31.9 Å². The predicted octanol–water partition coefficient (Wildman–Crippen LogP) is 4.11. The summed E-state index contributed by atoms with van der Waals surface area (Å²) in [5.41, 5.74) is 5.73. The van der Waals surface area contributed by atoms with Crippen LogP contribution in [0.5, 0.6) is 0 Å². The van der Waals surface area contributed by atoms with E-state index in [1.165, 1.54) is 41.8 Å². The van der Waals surface area contributed by atoms with E-state index in [4.69, 9.17) is 0 Å². The minimum Gasteiger partial charge on any atom is -0.374 e. The molecule has 0 fully saturated rings. The summed E-state index contributed by atoms with van der Waals surface area (Å²) in [6.07, 6.45) is 4.85. The first-order valence-electron chi connectivity index (χ1n) is 8.25. The summed E-state index contributed by atoms with van der Waals surface area (Å²) < 4.78 is 0. The van der Waals surface area contributed by atoms with Crippen molar-refractivity contribution in [3.05, 3.63) is 34.9 Å². The molecule has 1 aromatic carbocycles. The lowest BCUT2D eigenvalue weighted by Gasteiger charge is -2.27. The van der Waals surface area contributed by atoms with Crippen LogP contribution in [0.3, 0.4) is 0 Å². The Morgan fingerprint density at radius 2 is 2.05 bits per heavy atom. The molecule has 1 heterocycles. The first kappa shape index (κ1) is 16.1. The predicted molar refractivity (Wildman–Crippen MR) is 94.0 cm³/mol. The highest BCUT2D eigenvalue weighted by molar-refractivity contribution is 5.63. The largest absolute Gasteiger partial charge is 0.374 e. The molecule has 0 radical (unpaired) electrons. The molecular weight excluding hydrogens is 256 g/mol. The van der Waals surface area contributed by atoms with Gasteiger partial charge in [0.2, 0.25) is 0 Å². The van der Waals surface area contributed by atoms with E-state index in [0.29, 0.717) is 12.0 Å². The Bertz CT molecular complexity index is 500. The molecule has 2 rings (SSSR count). The topological polar surface area (TPSA) is 15.3 Å². The fourth-order valence-corrected chi connectivity index (χ4v) is 2.85. The summed E-state index contributed by atoms with van der Waals surface area (Å²) >= 11 is 0. The fourth-order valence-electron chi connectivity index (χ4n) is 2.85. The molecule has 1 N–H and O–H groups in total. The maximum absolute atomic E-state index is 3.54. The van der Waals surface area contributed by atoms with E-state index in [2.05, 4.69) is 69.2 Å². The Hall–Kier alpha value is -1.28. The van der Waals surface area contributed by atoms with E-state index < -0.39 is 0 Å². The van der Waals surface area contributed by atoms with Gasteiger partial charge in [-0.15, -0.1) is 0 Å². The number of benzene rings is 1. The quantitative estimate of drug-likeness (QED) is 0.876. The summed E-state index contributed by atoms with van der Waals surface area (Å²) in [7, 11) is 2.19. The Labute approximate surface area is 130 Å². The van der Waals surface area contributed by atoms with Crippen molar-refractivity contribution < 1.29 is 0 Å². The molecule has 1 aromatic rings. The summed E-state index contributed by atoms with van der Waals surface area (Å²) in [5, 5.41) is 3.54. The van der Waals surface area contributed by atoms with Crippen LogP contribution in [0.2, 0.25) is 0 Å². The average molecular weight is 286 g/mol. The van der Waals surface area contributed by atoms with Gasteiger partial charge in [-0.3, -0.25) is 0 Å². The molecule has 0 saturated carbocycles. The van der Waals surface area contributed by atoms with Crippen LogP contribution < -0.4 is 10.2 Å². The number of hydrogen-bond donors (Lipinski definition) is 1. The van der Waals surface area contributed by atoms with Gasteiger partial charge in [0.05, 0.1) is 0 Å². The molecule has 0 atom stereocenters. The lowest BCUT2D eigenvalue weighted by atomic mass is 9.96. The Kier molecular flexibility index (Phi) is 5.46. The van der Waals surface area contributed by atoms with Crippen molar-refractivity contribution >= 4 is 11.8 Å². The molecule has 116 valence electrons. The molecule has 0 bridgehead atoms. The van der Waals surface area contributed by atoms with E-state index in [-0.39, 0.29) is 0 Å². The zero-order chi connectivity index (χ0) is 15.4. The fraction of sp³-hybridized carbons (Fsp3) is 0.579. The first-order valence-corrected chi connectivity index (χ1v) is 8.25. The van der Waals surface area contributed by atoms with Crippen molar-refractivity contribution in [1.29, 1.82) is 0 Å². The van der Waals surface area contributed by atoms with Gasteiger partial charge in [-0.2, -0.15) is 0 Å². The maximum atomic E-state index is 3.54. The zero-order valence-electron chi connectivity index (χ0n) is 14.2.